The van der Waals surface area contributed by atoms with E-state index in [1.54, 1.807) is 29.2 Å². The molecule has 0 aliphatic rings. The lowest BCUT2D eigenvalue weighted by Gasteiger charge is -2.22. The van der Waals surface area contributed by atoms with Gasteiger partial charge in [-0.2, -0.15) is 10.1 Å². The third-order valence-corrected chi connectivity index (χ3v) is 6.42. The van der Waals surface area contributed by atoms with Crippen molar-refractivity contribution in [2.45, 2.75) is 6.92 Å². The number of halogens is 1. The molecule has 0 saturated carbocycles. The third kappa shape index (κ3) is 4.34. The van der Waals surface area contributed by atoms with Crippen LogP contribution in [0.1, 0.15) is 5.69 Å². The van der Waals surface area contributed by atoms with Crippen LogP contribution in [0.4, 0.5) is 29.0 Å². The Morgan fingerprint density at radius 3 is 2.56 bits per heavy atom. The van der Waals surface area contributed by atoms with Gasteiger partial charge < -0.3 is 10.6 Å². The fraction of sp³-hybridized carbons (Fsp3) is 0.211. The minimum absolute atomic E-state index is 0.345. The molecule has 166 valence electrons. The van der Waals surface area contributed by atoms with Crippen molar-refractivity contribution in [3.05, 3.63) is 47.0 Å². The Balaban J connectivity index is 1.77. The minimum Gasteiger partial charge on any atom is -0.337 e. The standard InChI is InChI=1S/C19H20BrN9O2S/c1-11-9-15(28(2)27-11)25-19-23-10-12(20)18(26-19)24-14-6-5-13-16(22-8-7-21-13)17(14)29(3)32(4,30)31/h5-10H,1-4H3,(H2,23,24,25,26). The second kappa shape index (κ2) is 8.31. The van der Waals surface area contributed by atoms with E-state index in [1.807, 2.05) is 20.0 Å². The van der Waals surface area contributed by atoms with Crippen LogP contribution in [0.5, 0.6) is 0 Å². The number of benzene rings is 1. The fourth-order valence-electron chi connectivity index (χ4n) is 3.09. The zero-order chi connectivity index (χ0) is 23.0. The number of nitrogens with one attached hydrogen (secondary N) is 2. The summed E-state index contributed by atoms with van der Waals surface area (Å²) in [5, 5.41) is 10.6. The van der Waals surface area contributed by atoms with Crippen molar-refractivity contribution in [3.8, 4) is 0 Å². The second-order valence-corrected chi connectivity index (χ2v) is 9.92. The summed E-state index contributed by atoms with van der Waals surface area (Å²) in [6.45, 7) is 1.89. The van der Waals surface area contributed by atoms with E-state index in [0.29, 0.717) is 38.6 Å². The van der Waals surface area contributed by atoms with Gasteiger partial charge in [0, 0.05) is 38.8 Å². The van der Waals surface area contributed by atoms with Crippen molar-refractivity contribution >= 4 is 65.9 Å². The molecule has 1 aromatic carbocycles. The molecule has 0 aliphatic carbocycles. The largest absolute Gasteiger partial charge is 0.337 e. The summed E-state index contributed by atoms with van der Waals surface area (Å²) in [6, 6.07) is 5.37. The van der Waals surface area contributed by atoms with Crippen LogP contribution < -0.4 is 14.9 Å². The zero-order valence-corrected chi connectivity index (χ0v) is 20.1. The summed E-state index contributed by atoms with van der Waals surface area (Å²) in [5.41, 5.74) is 2.72. The fourth-order valence-corrected chi connectivity index (χ4v) is 3.90. The average molecular weight is 518 g/mol. The second-order valence-electron chi connectivity index (χ2n) is 7.05. The first kappa shape index (κ1) is 21.9. The lowest BCUT2D eigenvalue weighted by Crippen LogP contribution is -2.26. The average Bonchev–Trinajstić information content (AvgIpc) is 3.05. The summed E-state index contributed by atoms with van der Waals surface area (Å²) in [7, 11) is -0.279. The maximum absolute atomic E-state index is 12.3. The van der Waals surface area contributed by atoms with Gasteiger partial charge in [-0.3, -0.25) is 19.0 Å². The van der Waals surface area contributed by atoms with Gasteiger partial charge in [-0.05, 0) is 35.0 Å². The monoisotopic (exact) mass is 517 g/mol. The number of rotatable bonds is 6. The molecule has 0 amide bonds. The number of aromatic nitrogens is 6. The van der Waals surface area contributed by atoms with Gasteiger partial charge in [0.1, 0.15) is 22.8 Å². The van der Waals surface area contributed by atoms with Gasteiger partial charge in [0.25, 0.3) is 0 Å². The quantitative estimate of drug-likeness (QED) is 0.395. The van der Waals surface area contributed by atoms with E-state index in [4.69, 9.17) is 0 Å². The van der Waals surface area contributed by atoms with Crippen LogP contribution in [-0.2, 0) is 17.1 Å². The maximum atomic E-state index is 12.3. The Labute approximate surface area is 193 Å². The minimum atomic E-state index is -3.56. The van der Waals surface area contributed by atoms with E-state index < -0.39 is 10.0 Å². The van der Waals surface area contributed by atoms with E-state index in [9.17, 15) is 8.42 Å². The van der Waals surface area contributed by atoms with Gasteiger partial charge in [0.05, 0.1) is 27.6 Å². The van der Waals surface area contributed by atoms with E-state index in [1.165, 1.54) is 17.5 Å². The normalized spacial score (nSPS) is 11.5. The van der Waals surface area contributed by atoms with Crippen molar-refractivity contribution in [1.29, 1.82) is 0 Å². The molecule has 11 nitrogen and oxygen atoms in total. The van der Waals surface area contributed by atoms with E-state index in [2.05, 4.69) is 51.6 Å². The number of hydrogen-bond donors (Lipinski definition) is 2. The van der Waals surface area contributed by atoms with Crippen molar-refractivity contribution in [2.24, 2.45) is 7.05 Å². The van der Waals surface area contributed by atoms with Crippen LogP contribution in [0.15, 0.2) is 41.3 Å². The zero-order valence-electron chi connectivity index (χ0n) is 17.7. The summed E-state index contributed by atoms with van der Waals surface area (Å²) in [6.07, 6.45) is 5.80. The molecule has 0 atom stereocenters. The molecule has 32 heavy (non-hydrogen) atoms. The SMILES string of the molecule is Cc1cc(Nc2ncc(Br)c(Nc3ccc4nccnc4c3N(C)S(C)(=O)=O)n2)n(C)n1. The Bertz CT molecular complexity index is 1420. The van der Waals surface area contributed by atoms with E-state index in [0.717, 1.165) is 17.8 Å². The highest BCUT2D eigenvalue weighted by Gasteiger charge is 2.21. The van der Waals surface area contributed by atoms with Crippen LogP contribution in [0.2, 0.25) is 0 Å². The highest BCUT2D eigenvalue weighted by Crippen LogP contribution is 2.36. The van der Waals surface area contributed by atoms with Crippen LogP contribution in [0.3, 0.4) is 0 Å². The lowest BCUT2D eigenvalue weighted by atomic mass is 10.2. The van der Waals surface area contributed by atoms with Crippen molar-refractivity contribution in [3.63, 3.8) is 0 Å². The molecule has 0 saturated heterocycles. The molecule has 4 rings (SSSR count). The van der Waals surface area contributed by atoms with Gasteiger partial charge >= 0.3 is 0 Å². The van der Waals surface area contributed by atoms with Gasteiger partial charge in [0.2, 0.25) is 16.0 Å². The summed E-state index contributed by atoms with van der Waals surface area (Å²) < 4.78 is 28.1. The predicted octanol–water partition coefficient (Wildman–Crippen LogP) is 3.11. The Kier molecular flexibility index (Phi) is 5.69. The molecular weight excluding hydrogens is 498 g/mol. The first-order valence-electron chi connectivity index (χ1n) is 9.38. The molecule has 0 fully saturated rings. The molecule has 13 heteroatoms. The molecule has 0 unspecified atom stereocenters. The molecule has 3 heterocycles. The smallest absolute Gasteiger partial charge is 0.232 e. The van der Waals surface area contributed by atoms with Crippen LogP contribution in [0.25, 0.3) is 11.0 Å². The third-order valence-electron chi connectivity index (χ3n) is 4.67. The number of aryl methyl sites for hydroxylation is 2. The topological polar surface area (TPSA) is 131 Å². The molecule has 0 aliphatic heterocycles. The molecule has 4 aromatic rings. The highest BCUT2D eigenvalue weighted by molar-refractivity contribution is 9.10. The Hall–Kier alpha value is -3.32. The molecule has 0 radical (unpaired) electrons. The maximum Gasteiger partial charge on any atom is 0.232 e. The molecule has 0 spiro atoms. The highest BCUT2D eigenvalue weighted by atomic mass is 79.9. The van der Waals surface area contributed by atoms with E-state index in [-0.39, 0.29) is 0 Å². The van der Waals surface area contributed by atoms with Crippen molar-refractivity contribution < 1.29 is 8.42 Å². The molecule has 3 aromatic heterocycles. The number of anilines is 5. The van der Waals surface area contributed by atoms with Crippen LogP contribution in [-0.4, -0.2) is 51.4 Å². The van der Waals surface area contributed by atoms with Crippen LogP contribution in [0, 0.1) is 6.92 Å². The van der Waals surface area contributed by atoms with Gasteiger partial charge in [-0.1, -0.05) is 0 Å². The number of hydrogen-bond acceptors (Lipinski definition) is 9. The Morgan fingerprint density at radius 1 is 1.12 bits per heavy atom. The summed E-state index contributed by atoms with van der Waals surface area (Å²) in [4.78, 5) is 17.5. The summed E-state index contributed by atoms with van der Waals surface area (Å²) >= 11 is 3.45. The number of sulfonamides is 1. The molecule has 2 N–H and O–H groups in total. The van der Waals surface area contributed by atoms with Gasteiger partial charge in [-0.25, -0.2) is 13.4 Å². The first-order valence-corrected chi connectivity index (χ1v) is 12.0. The van der Waals surface area contributed by atoms with Crippen molar-refractivity contribution in [1.82, 2.24) is 29.7 Å². The molecular formula is C19H20BrN9O2S. The van der Waals surface area contributed by atoms with Gasteiger partial charge in [0.15, 0.2) is 0 Å². The summed E-state index contributed by atoms with van der Waals surface area (Å²) in [5.74, 6) is 1.51. The Morgan fingerprint density at radius 2 is 1.88 bits per heavy atom. The predicted molar refractivity (Wildman–Crippen MR) is 127 cm³/mol. The van der Waals surface area contributed by atoms with Crippen molar-refractivity contribution in [2.75, 3.05) is 28.2 Å². The lowest BCUT2D eigenvalue weighted by molar-refractivity contribution is 0.600. The first-order chi connectivity index (χ1) is 15.1. The number of nitrogens with zero attached hydrogens (tertiary/aromatic N) is 7. The number of fused-ring (bicyclic) bond motifs is 1. The van der Waals surface area contributed by atoms with E-state index >= 15 is 0 Å². The van der Waals surface area contributed by atoms with Crippen LogP contribution >= 0.6 is 15.9 Å². The molecule has 0 bridgehead atoms. The van der Waals surface area contributed by atoms with Gasteiger partial charge in [-0.15, -0.1) is 0 Å².